The zero-order valence-electron chi connectivity index (χ0n) is 12.2. The largest absolute Gasteiger partial charge is 0.487 e. The Hall–Kier alpha value is -1.86. The van der Waals surface area contributed by atoms with Gasteiger partial charge in [0.25, 0.3) is 0 Å². The molecule has 1 saturated heterocycles. The number of aliphatic hydroxyl groups is 1. The SMILES string of the molecule is CCOc1cccc(N2CC(CO)OCC2C)c1[N+](=O)[O-]. The van der Waals surface area contributed by atoms with Crippen molar-refractivity contribution < 1.29 is 19.5 Å². The second-order valence-electron chi connectivity index (χ2n) is 4.95. The van der Waals surface area contributed by atoms with Crippen LogP contribution in [0.5, 0.6) is 5.75 Å². The van der Waals surface area contributed by atoms with Crippen molar-refractivity contribution in [2.45, 2.75) is 26.0 Å². The van der Waals surface area contributed by atoms with E-state index in [1.165, 1.54) is 0 Å². The van der Waals surface area contributed by atoms with Gasteiger partial charge in [-0.3, -0.25) is 10.1 Å². The van der Waals surface area contributed by atoms with Crippen molar-refractivity contribution in [3.05, 3.63) is 28.3 Å². The van der Waals surface area contributed by atoms with Crippen LogP contribution in [0.4, 0.5) is 11.4 Å². The highest BCUT2D eigenvalue weighted by atomic mass is 16.6. The molecule has 2 unspecified atom stereocenters. The highest BCUT2D eigenvalue weighted by Crippen LogP contribution is 2.38. The van der Waals surface area contributed by atoms with Crippen LogP contribution in [0.3, 0.4) is 0 Å². The smallest absolute Gasteiger partial charge is 0.333 e. The fourth-order valence-corrected chi connectivity index (χ4v) is 2.46. The lowest BCUT2D eigenvalue weighted by Gasteiger charge is -2.38. The Labute approximate surface area is 123 Å². The van der Waals surface area contributed by atoms with Crippen molar-refractivity contribution in [2.75, 3.05) is 31.3 Å². The Kier molecular flexibility index (Phi) is 4.98. The van der Waals surface area contributed by atoms with Crippen molar-refractivity contribution in [2.24, 2.45) is 0 Å². The Morgan fingerprint density at radius 2 is 2.33 bits per heavy atom. The molecule has 1 aromatic carbocycles. The molecule has 1 heterocycles. The third-order valence-corrected chi connectivity index (χ3v) is 3.48. The van der Waals surface area contributed by atoms with Gasteiger partial charge in [-0.25, -0.2) is 0 Å². The second-order valence-corrected chi connectivity index (χ2v) is 4.95. The predicted molar refractivity (Wildman–Crippen MR) is 77.9 cm³/mol. The molecule has 7 nitrogen and oxygen atoms in total. The minimum Gasteiger partial charge on any atom is -0.487 e. The van der Waals surface area contributed by atoms with Crippen molar-refractivity contribution in [1.82, 2.24) is 0 Å². The number of benzene rings is 1. The van der Waals surface area contributed by atoms with Crippen LogP contribution >= 0.6 is 0 Å². The van der Waals surface area contributed by atoms with Gasteiger partial charge in [0, 0.05) is 12.6 Å². The summed E-state index contributed by atoms with van der Waals surface area (Å²) in [6, 6.07) is 5.03. The second kappa shape index (κ2) is 6.73. The molecule has 0 bridgehead atoms. The molecule has 0 aromatic heterocycles. The number of anilines is 1. The Morgan fingerprint density at radius 3 is 2.95 bits per heavy atom. The maximum absolute atomic E-state index is 11.4. The van der Waals surface area contributed by atoms with E-state index in [0.717, 1.165) is 0 Å². The van der Waals surface area contributed by atoms with Crippen LogP contribution in [0.2, 0.25) is 0 Å². The van der Waals surface area contributed by atoms with Crippen molar-refractivity contribution in [1.29, 1.82) is 0 Å². The highest BCUT2D eigenvalue weighted by Gasteiger charge is 2.32. The summed E-state index contributed by atoms with van der Waals surface area (Å²) in [6.45, 7) is 4.81. The first-order valence-electron chi connectivity index (χ1n) is 6.97. The number of aliphatic hydroxyl groups excluding tert-OH is 1. The van der Waals surface area contributed by atoms with Gasteiger partial charge < -0.3 is 19.5 Å². The summed E-state index contributed by atoms with van der Waals surface area (Å²) in [5.41, 5.74) is 0.463. The van der Waals surface area contributed by atoms with E-state index < -0.39 is 4.92 Å². The maximum Gasteiger partial charge on any atom is 0.333 e. The predicted octanol–water partition coefficient (Wildman–Crippen LogP) is 1.58. The van der Waals surface area contributed by atoms with E-state index in [9.17, 15) is 15.2 Å². The van der Waals surface area contributed by atoms with Crippen LogP contribution in [0.15, 0.2) is 18.2 Å². The quantitative estimate of drug-likeness (QED) is 0.656. The molecule has 2 atom stereocenters. The standard InChI is InChI=1S/C14H20N2O5/c1-3-20-13-6-4-5-12(14(13)16(18)19)15-7-11(8-17)21-9-10(15)2/h4-6,10-11,17H,3,7-9H2,1-2H3. The van der Waals surface area contributed by atoms with E-state index in [2.05, 4.69) is 0 Å². The molecular formula is C14H20N2O5. The number of hydrogen-bond acceptors (Lipinski definition) is 6. The van der Waals surface area contributed by atoms with Gasteiger partial charge in [0.05, 0.1) is 30.8 Å². The molecule has 0 saturated carbocycles. The van der Waals surface area contributed by atoms with Crippen LogP contribution in [0, 0.1) is 10.1 Å². The molecular weight excluding hydrogens is 276 g/mol. The molecule has 1 N–H and O–H groups in total. The van der Waals surface area contributed by atoms with E-state index in [4.69, 9.17) is 9.47 Å². The third-order valence-electron chi connectivity index (χ3n) is 3.48. The minimum atomic E-state index is -0.420. The van der Waals surface area contributed by atoms with Gasteiger partial charge in [-0.1, -0.05) is 6.07 Å². The molecule has 2 rings (SSSR count). The Bertz CT molecular complexity index is 508. The van der Waals surface area contributed by atoms with E-state index in [1.54, 1.807) is 25.1 Å². The zero-order chi connectivity index (χ0) is 15.4. The van der Waals surface area contributed by atoms with E-state index >= 15 is 0 Å². The molecule has 1 aromatic rings. The van der Waals surface area contributed by atoms with Gasteiger partial charge in [-0.2, -0.15) is 0 Å². The Balaban J connectivity index is 2.41. The van der Waals surface area contributed by atoms with Gasteiger partial charge in [-0.15, -0.1) is 0 Å². The van der Waals surface area contributed by atoms with Crippen molar-refractivity contribution in [3.8, 4) is 5.75 Å². The number of morpholine rings is 1. The minimum absolute atomic E-state index is 0.0108. The fraction of sp³-hybridized carbons (Fsp3) is 0.571. The lowest BCUT2D eigenvalue weighted by atomic mass is 10.1. The molecule has 1 aliphatic rings. The third kappa shape index (κ3) is 3.25. The summed E-state index contributed by atoms with van der Waals surface area (Å²) >= 11 is 0. The van der Waals surface area contributed by atoms with Crippen LogP contribution < -0.4 is 9.64 Å². The molecule has 1 fully saturated rings. The molecule has 1 aliphatic heterocycles. The number of hydrogen-bond donors (Lipinski definition) is 1. The molecule has 7 heteroatoms. The summed E-state index contributed by atoms with van der Waals surface area (Å²) in [4.78, 5) is 12.9. The maximum atomic E-state index is 11.4. The summed E-state index contributed by atoms with van der Waals surface area (Å²) in [6.07, 6.45) is -0.337. The van der Waals surface area contributed by atoms with Gasteiger partial charge >= 0.3 is 5.69 Å². The summed E-state index contributed by atoms with van der Waals surface area (Å²) in [7, 11) is 0. The number of nitrogens with zero attached hydrogens (tertiary/aromatic N) is 2. The van der Waals surface area contributed by atoms with Crippen molar-refractivity contribution in [3.63, 3.8) is 0 Å². The average molecular weight is 296 g/mol. The normalized spacial score (nSPS) is 22.1. The lowest BCUT2D eigenvalue weighted by Crippen LogP contribution is -2.49. The van der Waals surface area contributed by atoms with Gasteiger partial charge in [-0.05, 0) is 26.0 Å². The monoisotopic (exact) mass is 296 g/mol. The average Bonchev–Trinajstić information content (AvgIpc) is 2.47. The first-order valence-corrected chi connectivity index (χ1v) is 6.97. The van der Waals surface area contributed by atoms with Gasteiger partial charge in [0.1, 0.15) is 5.69 Å². The van der Waals surface area contributed by atoms with Gasteiger partial charge in [0.15, 0.2) is 5.75 Å². The zero-order valence-corrected chi connectivity index (χ0v) is 12.2. The lowest BCUT2D eigenvalue weighted by molar-refractivity contribution is -0.385. The summed E-state index contributed by atoms with van der Waals surface area (Å²) < 4.78 is 10.8. The number of ether oxygens (including phenoxy) is 2. The van der Waals surface area contributed by atoms with E-state index in [-0.39, 0.29) is 30.2 Å². The first-order chi connectivity index (χ1) is 10.1. The molecule has 0 amide bonds. The van der Waals surface area contributed by atoms with Crippen LogP contribution in [0.1, 0.15) is 13.8 Å². The number of para-hydroxylation sites is 1. The highest BCUT2D eigenvalue weighted by molar-refractivity contribution is 5.70. The van der Waals surface area contributed by atoms with Crippen LogP contribution in [-0.2, 0) is 4.74 Å². The fourth-order valence-electron chi connectivity index (χ4n) is 2.46. The van der Waals surface area contributed by atoms with Crippen LogP contribution in [0.25, 0.3) is 0 Å². The molecule has 116 valence electrons. The van der Waals surface area contributed by atoms with E-state index in [0.29, 0.717) is 25.4 Å². The number of nitro benzene ring substituents is 1. The van der Waals surface area contributed by atoms with Crippen LogP contribution in [-0.4, -0.2) is 48.5 Å². The topological polar surface area (TPSA) is 85.1 Å². The summed E-state index contributed by atoms with van der Waals surface area (Å²) in [5.74, 6) is 0.263. The first kappa shape index (κ1) is 15.5. The molecule has 21 heavy (non-hydrogen) atoms. The summed E-state index contributed by atoms with van der Waals surface area (Å²) in [5, 5.41) is 20.7. The van der Waals surface area contributed by atoms with Crippen molar-refractivity contribution >= 4 is 11.4 Å². The molecule has 0 aliphatic carbocycles. The molecule has 0 radical (unpaired) electrons. The number of rotatable bonds is 5. The molecule has 0 spiro atoms. The van der Waals surface area contributed by atoms with E-state index in [1.807, 2.05) is 11.8 Å². The van der Waals surface area contributed by atoms with Gasteiger partial charge in [0.2, 0.25) is 0 Å². The number of nitro groups is 1. The Morgan fingerprint density at radius 1 is 1.57 bits per heavy atom.